The highest BCUT2D eigenvalue weighted by molar-refractivity contribution is 5.53. The summed E-state index contributed by atoms with van der Waals surface area (Å²) in [4.78, 5) is 0. The minimum atomic E-state index is -0.469. The lowest BCUT2D eigenvalue weighted by molar-refractivity contribution is 0.365. The molecule has 0 fully saturated rings. The lowest BCUT2D eigenvalue weighted by atomic mass is 10.0. The topological polar surface area (TPSA) is 69.9 Å². The monoisotopic (exact) mass is 260 g/mol. The van der Waals surface area contributed by atoms with E-state index in [0.29, 0.717) is 18.4 Å². The predicted octanol–water partition coefficient (Wildman–Crippen LogP) is 2.60. The fourth-order valence-corrected chi connectivity index (χ4v) is 1.92. The van der Waals surface area contributed by atoms with Crippen molar-refractivity contribution < 1.29 is 20.1 Å². The third kappa shape index (κ3) is 2.91. The summed E-state index contributed by atoms with van der Waals surface area (Å²) < 4.78 is 5.14. The van der Waals surface area contributed by atoms with Gasteiger partial charge in [-0.15, -0.1) is 0 Å². The van der Waals surface area contributed by atoms with Gasteiger partial charge in [0, 0.05) is 0 Å². The maximum atomic E-state index is 9.72. The van der Waals surface area contributed by atoms with Gasteiger partial charge >= 0.3 is 0 Å². The number of rotatable bonds is 4. The number of phenols is 3. The molecule has 0 unspecified atom stereocenters. The second-order valence-electron chi connectivity index (χ2n) is 4.29. The minimum Gasteiger partial charge on any atom is -0.504 e. The molecule has 0 aliphatic carbocycles. The Labute approximate surface area is 111 Å². The number of phenolic OH excluding ortho intramolecular Hbond substituents is 3. The van der Waals surface area contributed by atoms with Crippen LogP contribution in [0.3, 0.4) is 0 Å². The Kier molecular flexibility index (Phi) is 3.80. The number of hydrogen-bond acceptors (Lipinski definition) is 4. The van der Waals surface area contributed by atoms with E-state index in [-0.39, 0.29) is 11.5 Å². The van der Waals surface area contributed by atoms with Gasteiger partial charge in [-0.25, -0.2) is 0 Å². The van der Waals surface area contributed by atoms with E-state index in [0.717, 1.165) is 11.3 Å². The van der Waals surface area contributed by atoms with Crippen molar-refractivity contribution in [3.8, 4) is 23.0 Å². The van der Waals surface area contributed by atoms with Gasteiger partial charge in [-0.1, -0.05) is 18.2 Å². The van der Waals surface area contributed by atoms with Crippen LogP contribution in [0, 0.1) is 0 Å². The van der Waals surface area contributed by atoms with Crippen LogP contribution < -0.4 is 4.74 Å². The molecule has 0 aliphatic heterocycles. The molecule has 0 aromatic heterocycles. The normalized spacial score (nSPS) is 10.4. The summed E-state index contributed by atoms with van der Waals surface area (Å²) in [6.07, 6.45) is 1.27. The number of aromatic hydroxyl groups is 3. The number of hydrogen-bond donors (Lipinski definition) is 3. The van der Waals surface area contributed by atoms with Gasteiger partial charge in [-0.3, -0.25) is 0 Å². The molecule has 2 aromatic rings. The van der Waals surface area contributed by atoms with Crippen LogP contribution in [-0.4, -0.2) is 22.4 Å². The summed E-state index contributed by atoms with van der Waals surface area (Å²) in [5.74, 6) is -0.260. The molecule has 4 nitrogen and oxygen atoms in total. The van der Waals surface area contributed by atoms with Gasteiger partial charge in [0.15, 0.2) is 11.5 Å². The molecule has 0 spiro atoms. The fourth-order valence-electron chi connectivity index (χ4n) is 1.92. The summed E-state index contributed by atoms with van der Waals surface area (Å²) in [5, 5.41) is 28.4. The minimum absolute atomic E-state index is 0.261. The maximum Gasteiger partial charge on any atom is 0.200 e. The Morgan fingerprint density at radius 1 is 0.947 bits per heavy atom. The van der Waals surface area contributed by atoms with Crippen LogP contribution >= 0.6 is 0 Å². The zero-order valence-corrected chi connectivity index (χ0v) is 10.6. The first-order chi connectivity index (χ1) is 9.11. The Morgan fingerprint density at radius 3 is 2.47 bits per heavy atom. The molecule has 0 saturated heterocycles. The first-order valence-electron chi connectivity index (χ1n) is 5.97. The lowest BCUT2D eigenvalue weighted by Gasteiger charge is -2.08. The van der Waals surface area contributed by atoms with Gasteiger partial charge < -0.3 is 20.1 Å². The zero-order chi connectivity index (χ0) is 13.8. The Hall–Kier alpha value is -2.36. The van der Waals surface area contributed by atoms with E-state index in [9.17, 15) is 15.3 Å². The SMILES string of the molecule is COc1cccc(CCc2ccc(O)c(O)c2O)c1. The first kappa shape index (κ1) is 13.1. The lowest BCUT2D eigenvalue weighted by Crippen LogP contribution is -1.93. The summed E-state index contributed by atoms with van der Waals surface area (Å²) in [7, 11) is 1.61. The third-order valence-electron chi connectivity index (χ3n) is 3.03. The molecule has 2 rings (SSSR count). The molecule has 4 heteroatoms. The number of benzene rings is 2. The molecule has 0 saturated carbocycles. The average molecular weight is 260 g/mol. The van der Waals surface area contributed by atoms with E-state index in [1.807, 2.05) is 24.3 Å². The first-order valence-corrected chi connectivity index (χ1v) is 5.97. The van der Waals surface area contributed by atoms with Crippen LogP contribution in [0.4, 0.5) is 0 Å². The highest BCUT2D eigenvalue weighted by Gasteiger charge is 2.10. The van der Waals surface area contributed by atoms with Crippen LogP contribution in [-0.2, 0) is 12.8 Å². The smallest absolute Gasteiger partial charge is 0.200 e. The van der Waals surface area contributed by atoms with Crippen LogP contribution in [0.15, 0.2) is 36.4 Å². The van der Waals surface area contributed by atoms with Gasteiger partial charge in [0.1, 0.15) is 5.75 Å². The fraction of sp³-hybridized carbons (Fsp3) is 0.200. The van der Waals surface area contributed by atoms with E-state index in [2.05, 4.69) is 0 Å². The molecular formula is C15H16O4. The highest BCUT2D eigenvalue weighted by atomic mass is 16.5. The van der Waals surface area contributed by atoms with Crippen LogP contribution in [0.1, 0.15) is 11.1 Å². The second-order valence-corrected chi connectivity index (χ2v) is 4.29. The molecule has 0 heterocycles. The van der Waals surface area contributed by atoms with Gasteiger partial charge in [0.05, 0.1) is 7.11 Å². The average Bonchev–Trinajstić information content (AvgIpc) is 2.44. The molecule has 0 bridgehead atoms. The summed E-state index contributed by atoms with van der Waals surface area (Å²) >= 11 is 0. The third-order valence-corrected chi connectivity index (χ3v) is 3.03. The molecule has 0 amide bonds. The molecule has 0 aliphatic rings. The number of methoxy groups -OCH3 is 1. The van der Waals surface area contributed by atoms with Crippen LogP contribution in [0.5, 0.6) is 23.0 Å². The van der Waals surface area contributed by atoms with E-state index >= 15 is 0 Å². The molecule has 0 radical (unpaired) electrons. The molecule has 0 atom stereocenters. The van der Waals surface area contributed by atoms with Crippen molar-refractivity contribution in [2.24, 2.45) is 0 Å². The Balaban J connectivity index is 2.12. The van der Waals surface area contributed by atoms with Crippen molar-refractivity contribution in [3.05, 3.63) is 47.5 Å². The predicted molar refractivity (Wildman–Crippen MR) is 71.8 cm³/mol. The van der Waals surface area contributed by atoms with Crippen molar-refractivity contribution >= 4 is 0 Å². The Bertz CT molecular complexity index is 578. The summed E-state index contributed by atoms with van der Waals surface area (Å²) in [6.45, 7) is 0. The molecule has 100 valence electrons. The summed E-state index contributed by atoms with van der Waals surface area (Å²) in [5.41, 5.74) is 1.67. The quantitative estimate of drug-likeness (QED) is 0.739. The van der Waals surface area contributed by atoms with Gasteiger partial charge in [-0.2, -0.15) is 0 Å². The molecule has 19 heavy (non-hydrogen) atoms. The van der Waals surface area contributed by atoms with Crippen molar-refractivity contribution in [1.29, 1.82) is 0 Å². The second kappa shape index (κ2) is 5.52. The number of aryl methyl sites for hydroxylation is 2. The number of ether oxygens (including phenoxy) is 1. The van der Waals surface area contributed by atoms with Crippen LogP contribution in [0.2, 0.25) is 0 Å². The summed E-state index contributed by atoms with van der Waals surface area (Å²) in [6, 6.07) is 10.6. The van der Waals surface area contributed by atoms with E-state index < -0.39 is 5.75 Å². The van der Waals surface area contributed by atoms with Crippen molar-refractivity contribution in [3.63, 3.8) is 0 Å². The zero-order valence-electron chi connectivity index (χ0n) is 10.6. The standard InChI is InChI=1S/C15H16O4/c1-19-12-4-2-3-10(9-12)5-6-11-7-8-13(16)15(18)14(11)17/h2-4,7-9,16-18H,5-6H2,1H3. The van der Waals surface area contributed by atoms with Gasteiger partial charge in [-0.05, 0) is 42.2 Å². The Morgan fingerprint density at radius 2 is 1.74 bits per heavy atom. The van der Waals surface area contributed by atoms with E-state index in [1.54, 1.807) is 13.2 Å². The van der Waals surface area contributed by atoms with Crippen molar-refractivity contribution in [2.75, 3.05) is 7.11 Å². The largest absolute Gasteiger partial charge is 0.504 e. The van der Waals surface area contributed by atoms with E-state index in [4.69, 9.17) is 4.74 Å². The van der Waals surface area contributed by atoms with E-state index in [1.165, 1.54) is 6.07 Å². The van der Waals surface area contributed by atoms with Gasteiger partial charge in [0.2, 0.25) is 5.75 Å². The highest BCUT2D eigenvalue weighted by Crippen LogP contribution is 2.37. The molecular weight excluding hydrogens is 244 g/mol. The molecule has 3 N–H and O–H groups in total. The maximum absolute atomic E-state index is 9.72. The van der Waals surface area contributed by atoms with Gasteiger partial charge in [0.25, 0.3) is 0 Å². The van der Waals surface area contributed by atoms with Crippen molar-refractivity contribution in [2.45, 2.75) is 12.8 Å². The molecule has 2 aromatic carbocycles. The van der Waals surface area contributed by atoms with Crippen LogP contribution in [0.25, 0.3) is 0 Å². The van der Waals surface area contributed by atoms with Crippen molar-refractivity contribution in [1.82, 2.24) is 0 Å².